The van der Waals surface area contributed by atoms with Gasteiger partial charge in [-0.1, -0.05) is 35.0 Å². The lowest BCUT2D eigenvalue weighted by molar-refractivity contribution is -0.927. The van der Waals surface area contributed by atoms with Crippen molar-refractivity contribution in [3.05, 3.63) is 34.3 Å². The van der Waals surface area contributed by atoms with Crippen LogP contribution in [0.4, 0.5) is 0 Å². The molecule has 22 heavy (non-hydrogen) atoms. The third-order valence-corrected chi connectivity index (χ3v) is 5.91. The fourth-order valence-corrected chi connectivity index (χ4v) is 4.55. The smallest absolute Gasteiger partial charge is 0.243 e. The van der Waals surface area contributed by atoms with E-state index in [9.17, 15) is 4.79 Å². The molecule has 0 unspecified atom stereocenters. The number of halogens is 1. The summed E-state index contributed by atoms with van der Waals surface area (Å²) in [6, 6.07) is 8.83. The molecule has 0 aromatic heterocycles. The minimum Gasteiger partial charge on any atom is -0.326 e. The van der Waals surface area contributed by atoms with Crippen LogP contribution in [0, 0.1) is 5.92 Å². The van der Waals surface area contributed by atoms with Crippen molar-refractivity contribution in [3.63, 3.8) is 0 Å². The largest absolute Gasteiger partial charge is 0.326 e. The van der Waals surface area contributed by atoms with Gasteiger partial charge < -0.3 is 4.90 Å². The maximum absolute atomic E-state index is 12.4. The Kier molecular flexibility index (Phi) is 3.57. The Bertz CT molecular complexity index is 619. The van der Waals surface area contributed by atoms with Crippen LogP contribution in [0.3, 0.4) is 0 Å². The molecule has 1 aromatic carbocycles. The Morgan fingerprint density at radius 2 is 2.00 bits per heavy atom. The number of carbonyl (C=O) groups excluding carboxylic acids is 1. The van der Waals surface area contributed by atoms with Gasteiger partial charge in [-0.2, -0.15) is 5.10 Å². The number of nitrogens with one attached hydrogen (secondary N) is 1. The Labute approximate surface area is 139 Å². The van der Waals surface area contributed by atoms with Gasteiger partial charge in [0.15, 0.2) is 6.04 Å². The summed E-state index contributed by atoms with van der Waals surface area (Å²) in [5.74, 6) is 0.727. The van der Waals surface area contributed by atoms with E-state index in [2.05, 4.69) is 40.2 Å². The van der Waals surface area contributed by atoms with Gasteiger partial charge in [0.1, 0.15) is 11.8 Å². The van der Waals surface area contributed by atoms with Crippen LogP contribution >= 0.6 is 15.9 Å². The van der Waals surface area contributed by atoms with E-state index in [0.717, 1.165) is 4.47 Å². The molecule has 4 aliphatic heterocycles. The van der Waals surface area contributed by atoms with E-state index in [1.54, 1.807) is 9.91 Å². The molecule has 2 bridgehead atoms. The molecular formula is C17H21BrN3O+. The van der Waals surface area contributed by atoms with Crippen LogP contribution in [0.2, 0.25) is 0 Å². The van der Waals surface area contributed by atoms with Gasteiger partial charge in [0.25, 0.3) is 0 Å². The molecule has 4 heterocycles. The summed E-state index contributed by atoms with van der Waals surface area (Å²) in [6.45, 7) is 4.36. The van der Waals surface area contributed by atoms with Gasteiger partial charge >= 0.3 is 0 Å². The van der Waals surface area contributed by atoms with Crippen LogP contribution in [0.5, 0.6) is 0 Å². The highest BCUT2D eigenvalue weighted by Gasteiger charge is 2.54. The van der Waals surface area contributed by atoms with E-state index < -0.39 is 0 Å². The first-order valence-electron chi connectivity index (χ1n) is 8.19. The minimum absolute atomic E-state index is 0.0775. The summed E-state index contributed by atoms with van der Waals surface area (Å²) in [7, 11) is 0. The molecule has 3 saturated heterocycles. The van der Waals surface area contributed by atoms with Gasteiger partial charge in [0.2, 0.25) is 5.91 Å². The predicted octanol–water partition coefficient (Wildman–Crippen LogP) is 1.78. The molecule has 5 rings (SSSR count). The Hall–Kier alpha value is -1.20. The van der Waals surface area contributed by atoms with E-state index >= 15 is 0 Å². The van der Waals surface area contributed by atoms with Crippen LogP contribution in [-0.2, 0) is 4.79 Å². The maximum atomic E-state index is 12.4. The molecule has 0 saturated carbocycles. The topological polar surface area (TPSA) is 37.1 Å². The van der Waals surface area contributed by atoms with Crippen LogP contribution in [-0.4, -0.2) is 35.8 Å². The maximum Gasteiger partial charge on any atom is 0.243 e. The van der Waals surface area contributed by atoms with Crippen molar-refractivity contribution >= 4 is 27.5 Å². The molecule has 0 radical (unpaired) electrons. The number of hydrazone groups is 1. The molecule has 1 N–H and O–H groups in total. The van der Waals surface area contributed by atoms with Gasteiger partial charge in [-0.15, -0.1) is 0 Å². The molecule has 0 aliphatic carbocycles. The standard InChI is InChI=1S/C17H20BrN3O/c1-2-14(22)21-16(12-3-5-13(18)6-4-12)17-15(19-21)11-7-9-20(17)10-8-11/h3-6,11,16-17H,2,7-10H2,1H3/p+1/t16-,17-/m0/s1. The lowest BCUT2D eigenvalue weighted by Gasteiger charge is -2.42. The van der Waals surface area contributed by atoms with Crippen LogP contribution in [0.15, 0.2) is 33.8 Å². The molecule has 5 heteroatoms. The molecule has 2 atom stereocenters. The number of amides is 1. The van der Waals surface area contributed by atoms with Gasteiger partial charge in [0, 0.05) is 29.7 Å². The zero-order valence-electron chi connectivity index (χ0n) is 12.8. The highest BCUT2D eigenvalue weighted by atomic mass is 79.9. The zero-order valence-corrected chi connectivity index (χ0v) is 14.3. The van der Waals surface area contributed by atoms with Crippen molar-refractivity contribution in [1.29, 1.82) is 0 Å². The average Bonchev–Trinajstić information content (AvgIpc) is 2.98. The van der Waals surface area contributed by atoms with Crippen molar-refractivity contribution in [3.8, 4) is 0 Å². The zero-order chi connectivity index (χ0) is 15.3. The van der Waals surface area contributed by atoms with Crippen LogP contribution in [0.1, 0.15) is 37.8 Å². The summed E-state index contributed by atoms with van der Waals surface area (Å²) in [4.78, 5) is 14.1. The van der Waals surface area contributed by atoms with E-state index in [4.69, 9.17) is 5.10 Å². The van der Waals surface area contributed by atoms with Gasteiger partial charge in [-0.3, -0.25) is 4.79 Å². The van der Waals surface area contributed by atoms with Gasteiger partial charge in [-0.05, 0) is 17.7 Å². The molecule has 116 valence electrons. The number of quaternary nitrogens is 1. The second-order valence-electron chi connectivity index (χ2n) is 6.52. The number of benzene rings is 1. The van der Waals surface area contributed by atoms with Crippen molar-refractivity contribution in [2.45, 2.75) is 38.3 Å². The molecule has 1 amide bonds. The summed E-state index contributed by atoms with van der Waals surface area (Å²) < 4.78 is 1.07. The molecule has 3 fully saturated rings. The summed E-state index contributed by atoms with van der Waals surface area (Å²) in [6.07, 6.45) is 2.97. The van der Waals surface area contributed by atoms with Crippen molar-refractivity contribution in [2.75, 3.05) is 13.1 Å². The van der Waals surface area contributed by atoms with Crippen LogP contribution in [0.25, 0.3) is 0 Å². The Balaban J connectivity index is 1.76. The normalized spacial score (nSPS) is 32.8. The Morgan fingerprint density at radius 1 is 1.32 bits per heavy atom. The number of hydrogen-bond acceptors (Lipinski definition) is 2. The monoisotopic (exact) mass is 362 g/mol. The average molecular weight is 363 g/mol. The summed E-state index contributed by atoms with van der Waals surface area (Å²) >= 11 is 3.50. The number of hydrogen-bond donors (Lipinski definition) is 1. The number of nitrogens with zero attached hydrogens (tertiary/aromatic N) is 2. The van der Waals surface area contributed by atoms with Gasteiger partial charge in [0.05, 0.1) is 13.1 Å². The highest BCUT2D eigenvalue weighted by Crippen LogP contribution is 2.37. The number of carbonyl (C=O) groups is 1. The first-order valence-corrected chi connectivity index (χ1v) is 8.99. The summed E-state index contributed by atoms with van der Waals surface area (Å²) in [5.41, 5.74) is 2.48. The quantitative estimate of drug-likeness (QED) is 0.855. The third-order valence-electron chi connectivity index (χ3n) is 5.38. The first kappa shape index (κ1) is 14.4. The molecule has 4 aliphatic rings. The predicted molar refractivity (Wildman–Crippen MR) is 88.7 cm³/mol. The number of fused-ring (bicyclic) bond motifs is 2. The van der Waals surface area contributed by atoms with Crippen molar-refractivity contribution in [1.82, 2.24) is 5.01 Å². The number of rotatable bonds is 2. The molecule has 1 aromatic rings. The van der Waals surface area contributed by atoms with Crippen LogP contribution < -0.4 is 4.90 Å². The Morgan fingerprint density at radius 3 is 2.64 bits per heavy atom. The molecule has 0 spiro atoms. The second-order valence-corrected chi connectivity index (χ2v) is 7.44. The summed E-state index contributed by atoms with van der Waals surface area (Å²) in [5, 5.41) is 6.60. The highest BCUT2D eigenvalue weighted by molar-refractivity contribution is 9.10. The van der Waals surface area contributed by atoms with E-state index in [0.29, 0.717) is 18.4 Å². The third kappa shape index (κ3) is 2.14. The minimum atomic E-state index is 0.0775. The fourth-order valence-electron chi connectivity index (χ4n) is 4.28. The number of piperidine rings is 3. The van der Waals surface area contributed by atoms with Crippen molar-refractivity contribution < 1.29 is 9.69 Å². The van der Waals surface area contributed by atoms with E-state index in [-0.39, 0.29) is 11.9 Å². The fraction of sp³-hybridized carbons (Fsp3) is 0.529. The van der Waals surface area contributed by atoms with Crippen molar-refractivity contribution in [2.24, 2.45) is 11.0 Å². The van der Waals surface area contributed by atoms with E-state index in [1.165, 1.54) is 37.2 Å². The lowest BCUT2D eigenvalue weighted by atomic mass is 9.78. The molecular weight excluding hydrogens is 342 g/mol. The SMILES string of the molecule is CCC(=O)N1N=C2C3CC[NH+](CC3)[C@@H]2[C@@H]1c1ccc(Br)cc1. The first-order chi connectivity index (χ1) is 10.7. The van der Waals surface area contributed by atoms with E-state index in [1.807, 2.05) is 6.92 Å². The van der Waals surface area contributed by atoms with Gasteiger partial charge in [-0.25, -0.2) is 5.01 Å². The lowest BCUT2D eigenvalue weighted by Crippen LogP contribution is -3.20. The molecule has 4 nitrogen and oxygen atoms in total. The second kappa shape index (κ2) is 5.46.